The Kier molecular flexibility index (Phi) is 8.87. The van der Waals surface area contributed by atoms with E-state index in [1.165, 1.54) is 4.90 Å². The number of amides is 4. The Hall–Kier alpha value is -2.63. The Morgan fingerprint density at radius 1 is 1.15 bits per heavy atom. The second kappa shape index (κ2) is 11.7. The first-order valence-electron chi connectivity index (χ1n) is 14.6. The molecular formula is C28H44N4O7S. The van der Waals surface area contributed by atoms with E-state index in [1.54, 1.807) is 20.8 Å². The molecule has 0 bridgehead atoms. The molecule has 0 spiro atoms. The third kappa shape index (κ3) is 7.16. The van der Waals surface area contributed by atoms with Crippen molar-refractivity contribution in [2.24, 2.45) is 11.8 Å². The molecule has 3 fully saturated rings. The van der Waals surface area contributed by atoms with Crippen molar-refractivity contribution in [1.82, 2.24) is 20.3 Å². The fraction of sp³-hybridized carbons (Fsp3) is 0.786. The number of alkyl carbamates (subject to hydrolysis) is 1. The van der Waals surface area contributed by atoms with E-state index in [-0.39, 0.29) is 17.7 Å². The summed E-state index contributed by atoms with van der Waals surface area (Å²) in [5, 5.41) is 5.03. The van der Waals surface area contributed by atoms with Gasteiger partial charge in [0.05, 0.1) is 5.25 Å². The van der Waals surface area contributed by atoms with Crippen LogP contribution in [0.4, 0.5) is 4.79 Å². The number of ether oxygens (including phenoxy) is 1. The lowest BCUT2D eigenvalue weighted by Gasteiger charge is -2.30. The zero-order valence-corrected chi connectivity index (χ0v) is 24.8. The molecule has 4 aliphatic rings. The summed E-state index contributed by atoms with van der Waals surface area (Å²) >= 11 is 0. The molecule has 12 heteroatoms. The smallest absolute Gasteiger partial charge is 0.408 e. The van der Waals surface area contributed by atoms with E-state index in [0.717, 1.165) is 25.7 Å². The van der Waals surface area contributed by atoms with Gasteiger partial charge in [0.15, 0.2) is 0 Å². The first-order chi connectivity index (χ1) is 18.8. The van der Waals surface area contributed by atoms with Gasteiger partial charge in [-0.3, -0.25) is 19.1 Å². The van der Waals surface area contributed by atoms with Crippen LogP contribution >= 0.6 is 0 Å². The zero-order chi connectivity index (χ0) is 29.3. The van der Waals surface area contributed by atoms with Gasteiger partial charge in [0, 0.05) is 12.5 Å². The molecule has 3 N–H and O–H groups in total. The number of sulfonamides is 1. The van der Waals surface area contributed by atoms with Gasteiger partial charge in [-0.25, -0.2) is 13.2 Å². The summed E-state index contributed by atoms with van der Waals surface area (Å²) in [5.41, 5.74) is -2.10. The summed E-state index contributed by atoms with van der Waals surface area (Å²) in [7, 11) is -3.79. The number of carbonyl (C=O) groups is 4. The summed E-state index contributed by atoms with van der Waals surface area (Å²) in [6.45, 7) is 7.60. The average Bonchev–Trinajstić information content (AvgIpc) is 3.77. The van der Waals surface area contributed by atoms with Crippen LogP contribution in [-0.4, -0.2) is 72.2 Å². The van der Waals surface area contributed by atoms with Crippen LogP contribution in [-0.2, 0) is 29.1 Å². The zero-order valence-electron chi connectivity index (χ0n) is 24.0. The lowest BCUT2D eigenvalue weighted by Crippen LogP contribution is -2.58. The Labute approximate surface area is 237 Å². The molecule has 2 saturated carbocycles. The van der Waals surface area contributed by atoms with E-state index in [2.05, 4.69) is 15.4 Å². The Morgan fingerprint density at radius 3 is 2.52 bits per heavy atom. The van der Waals surface area contributed by atoms with Gasteiger partial charge in [-0.2, -0.15) is 0 Å². The minimum absolute atomic E-state index is 0.0793. The van der Waals surface area contributed by atoms with Gasteiger partial charge in [-0.1, -0.05) is 38.3 Å². The Morgan fingerprint density at radius 2 is 1.88 bits per heavy atom. The molecule has 0 aromatic rings. The highest BCUT2D eigenvalue weighted by atomic mass is 32.2. The molecule has 11 nitrogen and oxygen atoms in total. The third-order valence-electron chi connectivity index (χ3n) is 8.24. The van der Waals surface area contributed by atoms with Crippen LogP contribution in [0.1, 0.15) is 91.9 Å². The Balaban J connectivity index is 1.58. The summed E-state index contributed by atoms with van der Waals surface area (Å²) in [6.07, 6.45) is 9.22. The van der Waals surface area contributed by atoms with Gasteiger partial charge in [-0.05, 0) is 71.6 Å². The van der Waals surface area contributed by atoms with E-state index in [0.29, 0.717) is 45.1 Å². The molecule has 224 valence electrons. The standard InChI is InChI=1S/C28H44N4O7S/c1-5-18-15-22-23(33)30-28(25(35)31-40(37,38)20-13-14-20)16-19(28)11-9-7-6-8-10-12-21(24(34)32(22)17-18)29-26(36)39-27(2,3)4/h9,11,18-22H,5-8,10,12-17H2,1-4H3,(H,29,36)(H,30,33)(H,31,35)/b11-9-/t18-,19-,21+,22+,28-/m1/s1. The van der Waals surface area contributed by atoms with E-state index >= 15 is 0 Å². The predicted molar refractivity (Wildman–Crippen MR) is 148 cm³/mol. The third-order valence-corrected chi connectivity index (χ3v) is 10.1. The van der Waals surface area contributed by atoms with E-state index < -0.39 is 56.4 Å². The largest absolute Gasteiger partial charge is 0.444 e. The molecule has 0 aromatic heterocycles. The highest BCUT2D eigenvalue weighted by Crippen LogP contribution is 2.46. The lowest BCUT2D eigenvalue weighted by atomic mass is 10.0. The second-order valence-electron chi connectivity index (χ2n) is 12.7. The number of nitrogens with zero attached hydrogens (tertiary/aromatic N) is 1. The van der Waals surface area contributed by atoms with Gasteiger partial charge in [0.25, 0.3) is 5.91 Å². The molecular weight excluding hydrogens is 536 g/mol. The number of hydrogen-bond donors (Lipinski definition) is 3. The molecule has 2 aliphatic heterocycles. The SMILES string of the molecule is CC[C@@H]1C[C@H]2C(=O)N[C@]3(C(=O)NS(=O)(=O)C4CC4)C[C@H]3/C=C\CCCCC[C@H](NC(=O)OC(C)(C)C)C(=O)N2C1. The van der Waals surface area contributed by atoms with Gasteiger partial charge in [0.1, 0.15) is 23.2 Å². The number of carbonyl (C=O) groups excluding carboxylic acids is 4. The van der Waals surface area contributed by atoms with Crippen molar-refractivity contribution in [3.05, 3.63) is 12.2 Å². The van der Waals surface area contributed by atoms with Gasteiger partial charge in [0.2, 0.25) is 21.8 Å². The summed E-state index contributed by atoms with van der Waals surface area (Å²) in [5.74, 6) is -1.80. The number of fused-ring (bicyclic) bond motifs is 2. The van der Waals surface area contributed by atoms with E-state index in [9.17, 15) is 27.6 Å². The number of rotatable bonds is 5. The van der Waals surface area contributed by atoms with Crippen molar-refractivity contribution < 1.29 is 32.3 Å². The fourth-order valence-corrected chi connectivity index (χ4v) is 7.00. The normalized spacial score (nSPS) is 32.5. The van der Waals surface area contributed by atoms with Crippen LogP contribution in [0, 0.1) is 11.8 Å². The number of allylic oxidation sites excluding steroid dienone is 1. The van der Waals surface area contributed by atoms with Crippen LogP contribution < -0.4 is 15.4 Å². The first kappa shape index (κ1) is 30.3. The quantitative estimate of drug-likeness (QED) is 0.423. The van der Waals surface area contributed by atoms with Crippen LogP contribution in [0.15, 0.2) is 12.2 Å². The predicted octanol–water partition coefficient (Wildman–Crippen LogP) is 2.51. The molecule has 0 radical (unpaired) electrons. The van der Waals surface area contributed by atoms with Gasteiger partial charge >= 0.3 is 6.09 Å². The molecule has 40 heavy (non-hydrogen) atoms. The van der Waals surface area contributed by atoms with E-state index in [1.807, 2.05) is 19.1 Å². The van der Waals surface area contributed by atoms with Crippen LogP contribution in [0.5, 0.6) is 0 Å². The summed E-state index contributed by atoms with van der Waals surface area (Å²) in [6, 6.07) is -1.68. The minimum Gasteiger partial charge on any atom is -0.444 e. The monoisotopic (exact) mass is 580 g/mol. The molecule has 1 saturated heterocycles. The summed E-state index contributed by atoms with van der Waals surface area (Å²) in [4.78, 5) is 55.1. The van der Waals surface area contributed by atoms with Gasteiger partial charge in [-0.15, -0.1) is 0 Å². The fourth-order valence-electron chi connectivity index (χ4n) is 5.63. The maximum absolute atomic E-state index is 13.9. The van der Waals surface area contributed by atoms with Crippen LogP contribution in [0.2, 0.25) is 0 Å². The van der Waals surface area contributed by atoms with Crippen molar-refractivity contribution in [2.75, 3.05) is 6.54 Å². The van der Waals surface area contributed by atoms with Crippen molar-refractivity contribution in [2.45, 2.75) is 120 Å². The molecule has 0 unspecified atom stereocenters. The lowest BCUT2D eigenvalue weighted by molar-refractivity contribution is -0.141. The van der Waals surface area contributed by atoms with Crippen molar-refractivity contribution in [1.29, 1.82) is 0 Å². The molecule has 2 heterocycles. The molecule has 0 aromatic carbocycles. The second-order valence-corrected chi connectivity index (χ2v) is 14.7. The van der Waals surface area contributed by atoms with Crippen molar-refractivity contribution in [3.63, 3.8) is 0 Å². The van der Waals surface area contributed by atoms with Gasteiger partial charge < -0.3 is 20.3 Å². The highest BCUT2D eigenvalue weighted by Gasteiger charge is 2.62. The maximum Gasteiger partial charge on any atom is 0.408 e. The summed E-state index contributed by atoms with van der Waals surface area (Å²) < 4.78 is 32.7. The molecule has 2 aliphatic carbocycles. The van der Waals surface area contributed by atoms with Crippen LogP contribution in [0.3, 0.4) is 0 Å². The number of nitrogens with one attached hydrogen (secondary N) is 3. The average molecular weight is 581 g/mol. The Bertz CT molecular complexity index is 1140. The first-order valence-corrected chi connectivity index (χ1v) is 16.1. The topological polar surface area (TPSA) is 151 Å². The number of hydrogen-bond acceptors (Lipinski definition) is 7. The van der Waals surface area contributed by atoms with Crippen LogP contribution in [0.25, 0.3) is 0 Å². The molecule has 4 rings (SSSR count). The maximum atomic E-state index is 13.9. The van der Waals surface area contributed by atoms with Crippen molar-refractivity contribution in [3.8, 4) is 0 Å². The molecule has 5 atom stereocenters. The highest BCUT2D eigenvalue weighted by molar-refractivity contribution is 7.91. The van der Waals surface area contributed by atoms with E-state index in [4.69, 9.17) is 4.74 Å². The minimum atomic E-state index is -3.79. The molecule has 4 amide bonds. The van der Waals surface area contributed by atoms with Crippen molar-refractivity contribution >= 4 is 33.8 Å².